The predicted octanol–water partition coefficient (Wildman–Crippen LogP) is 2.88. The van der Waals surface area contributed by atoms with Gasteiger partial charge in [-0.25, -0.2) is 14.8 Å². The number of halogens is 1. The van der Waals surface area contributed by atoms with Gasteiger partial charge in [-0.1, -0.05) is 0 Å². The number of nitrogens with one attached hydrogen (secondary N) is 1. The monoisotopic (exact) mass is 415 g/mol. The number of alkyl carbamates (subject to hydrolysis) is 1. The van der Waals surface area contributed by atoms with E-state index in [2.05, 4.69) is 15.3 Å². The summed E-state index contributed by atoms with van der Waals surface area (Å²) in [5, 5.41) is 2.89. The van der Waals surface area contributed by atoms with Crippen LogP contribution < -0.4 is 16.0 Å². The Balaban J connectivity index is 1.73. The van der Waals surface area contributed by atoms with Crippen molar-refractivity contribution in [3.63, 3.8) is 0 Å². The Labute approximate surface area is 174 Å². The Morgan fingerprint density at radius 3 is 2.53 bits per heavy atom. The molecule has 3 heterocycles. The molecule has 0 saturated carbocycles. The highest BCUT2D eigenvalue weighted by atomic mass is 19.1. The Bertz CT molecular complexity index is 936. The second-order valence-corrected chi connectivity index (χ2v) is 8.24. The van der Waals surface area contributed by atoms with E-state index >= 15 is 0 Å². The molecular weight excluding hydrogens is 389 g/mol. The van der Waals surface area contributed by atoms with E-state index in [9.17, 15) is 14.0 Å². The maximum Gasteiger partial charge on any atom is 0.407 e. The van der Waals surface area contributed by atoms with E-state index in [-0.39, 0.29) is 6.04 Å². The van der Waals surface area contributed by atoms with Gasteiger partial charge in [-0.3, -0.25) is 4.79 Å². The van der Waals surface area contributed by atoms with Crippen molar-refractivity contribution in [2.75, 3.05) is 18.0 Å². The Morgan fingerprint density at radius 2 is 1.93 bits per heavy atom. The summed E-state index contributed by atoms with van der Waals surface area (Å²) >= 11 is 0. The van der Waals surface area contributed by atoms with Crippen LogP contribution in [0.4, 0.5) is 15.0 Å². The zero-order valence-corrected chi connectivity index (χ0v) is 17.3. The van der Waals surface area contributed by atoms with Gasteiger partial charge in [-0.15, -0.1) is 0 Å². The van der Waals surface area contributed by atoms with Crippen LogP contribution in [0.3, 0.4) is 0 Å². The molecule has 2 aromatic rings. The molecule has 2 amide bonds. The van der Waals surface area contributed by atoms with Gasteiger partial charge in [0.1, 0.15) is 11.4 Å². The van der Waals surface area contributed by atoms with Crippen LogP contribution in [-0.2, 0) is 4.74 Å². The van der Waals surface area contributed by atoms with Gasteiger partial charge in [0.25, 0.3) is 0 Å². The number of nitrogens with two attached hydrogens (primary N) is 1. The number of ether oxygens (including phenoxy) is 1. The fourth-order valence-corrected chi connectivity index (χ4v) is 3.26. The van der Waals surface area contributed by atoms with E-state index in [1.165, 1.54) is 18.3 Å². The summed E-state index contributed by atoms with van der Waals surface area (Å²) in [6.45, 7) is 6.70. The molecule has 30 heavy (non-hydrogen) atoms. The first-order valence-corrected chi connectivity index (χ1v) is 9.79. The number of anilines is 1. The Morgan fingerprint density at radius 1 is 1.23 bits per heavy atom. The van der Waals surface area contributed by atoms with Crippen LogP contribution in [-0.4, -0.2) is 46.7 Å². The number of piperidine rings is 1. The van der Waals surface area contributed by atoms with Crippen molar-refractivity contribution in [1.29, 1.82) is 0 Å². The number of carbonyl (C=O) groups excluding carboxylic acids is 2. The summed E-state index contributed by atoms with van der Waals surface area (Å²) in [4.78, 5) is 33.9. The van der Waals surface area contributed by atoms with E-state index in [0.717, 1.165) is 0 Å². The number of hydrogen-bond acceptors (Lipinski definition) is 6. The molecule has 2 aromatic heterocycles. The van der Waals surface area contributed by atoms with Crippen molar-refractivity contribution < 1.29 is 18.7 Å². The van der Waals surface area contributed by atoms with Crippen LogP contribution in [0.2, 0.25) is 0 Å². The van der Waals surface area contributed by atoms with Crippen LogP contribution in [0.25, 0.3) is 11.3 Å². The summed E-state index contributed by atoms with van der Waals surface area (Å²) in [7, 11) is 0. The normalized spacial score (nSPS) is 15.0. The maximum atomic E-state index is 13.5. The highest BCUT2D eigenvalue weighted by molar-refractivity contribution is 5.94. The average molecular weight is 415 g/mol. The molecule has 0 radical (unpaired) electrons. The van der Waals surface area contributed by atoms with Gasteiger partial charge in [0.05, 0.1) is 5.69 Å². The number of rotatable bonds is 4. The molecule has 1 saturated heterocycles. The lowest BCUT2D eigenvalue weighted by Crippen LogP contribution is -2.46. The Kier molecular flexibility index (Phi) is 6.19. The van der Waals surface area contributed by atoms with Crippen LogP contribution in [0.5, 0.6) is 0 Å². The van der Waals surface area contributed by atoms with E-state index in [1.54, 1.807) is 12.1 Å². The van der Waals surface area contributed by atoms with Crippen molar-refractivity contribution in [2.24, 2.45) is 5.73 Å². The highest BCUT2D eigenvalue weighted by Crippen LogP contribution is 2.25. The first kappa shape index (κ1) is 21.5. The number of primary amides is 1. The Hall–Kier alpha value is -3.23. The number of pyridine rings is 2. The summed E-state index contributed by atoms with van der Waals surface area (Å²) in [5.41, 5.74) is 6.18. The molecule has 0 aliphatic carbocycles. The van der Waals surface area contributed by atoms with Crippen LogP contribution in [0, 0.1) is 5.95 Å². The summed E-state index contributed by atoms with van der Waals surface area (Å²) in [6, 6.07) is 6.04. The minimum atomic E-state index is -0.630. The van der Waals surface area contributed by atoms with Crippen molar-refractivity contribution in [3.8, 4) is 11.3 Å². The fraction of sp³-hybridized carbons (Fsp3) is 0.429. The first-order chi connectivity index (χ1) is 14.1. The molecule has 9 heteroatoms. The molecule has 1 aliphatic rings. The average Bonchev–Trinajstić information content (AvgIpc) is 2.66. The molecule has 0 unspecified atom stereocenters. The molecule has 160 valence electrons. The van der Waals surface area contributed by atoms with Crippen LogP contribution in [0.1, 0.15) is 44.0 Å². The van der Waals surface area contributed by atoms with Gasteiger partial charge in [0.15, 0.2) is 0 Å². The van der Waals surface area contributed by atoms with E-state index in [1.807, 2.05) is 25.7 Å². The molecule has 0 atom stereocenters. The zero-order chi connectivity index (χ0) is 21.9. The minimum Gasteiger partial charge on any atom is -0.444 e. The molecule has 1 fully saturated rings. The van der Waals surface area contributed by atoms with Crippen LogP contribution in [0.15, 0.2) is 30.5 Å². The van der Waals surface area contributed by atoms with Gasteiger partial charge >= 0.3 is 6.09 Å². The smallest absolute Gasteiger partial charge is 0.407 e. The summed E-state index contributed by atoms with van der Waals surface area (Å²) < 4.78 is 18.8. The zero-order valence-electron chi connectivity index (χ0n) is 17.3. The molecule has 0 spiro atoms. The highest BCUT2D eigenvalue weighted by Gasteiger charge is 2.25. The third kappa shape index (κ3) is 5.65. The number of nitrogens with zero attached hydrogens (tertiary/aromatic N) is 3. The van der Waals surface area contributed by atoms with Crippen molar-refractivity contribution in [3.05, 3.63) is 42.0 Å². The summed E-state index contributed by atoms with van der Waals surface area (Å²) in [6.07, 6.45) is 2.30. The second kappa shape index (κ2) is 8.64. The quantitative estimate of drug-likeness (QED) is 0.743. The molecule has 0 bridgehead atoms. The second-order valence-electron chi connectivity index (χ2n) is 8.24. The topological polar surface area (TPSA) is 110 Å². The largest absolute Gasteiger partial charge is 0.444 e. The predicted molar refractivity (Wildman–Crippen MR) is 111 cm³/mol. The molecule has 0 aromatic carbocycles. The third-order valence-electron chi connectivity index (χ3n) is 4.66. The van der Waals surface area contributed by atoms with Gasteiger partial charge in [-0.2, -0.15) is 4.39 Å². The van der Waals surface area contributed by atoms with Crippen molar-refractivity contribution >= 4 is 17.8 Å². The van der Waals surface area contributed by atoms with Crippen LogP contribution >= 0.6 is 0 Å². The van der Waals surface area contributed by atoms with E-state index in [4.69, 9.17) is 10.5 Å². The molecule has 3 rings (SSSR count). The van der Waals surface area contributed by atoms with E-state index in [0.29, 0.717) is 48.6 Å². The molecule has 1 aliphatic heterocycles. The van der Waals surface area contributed by atoms with Gasteiger partial charge < -0.3 is 20.7 Å². The van der Waals surface area contributed by atoms with Gasteiger partial charge in [0, 0.05) is 42.5 Å². The lowest BCUT2D eigenvalue weighted by atomic mass is 10.0. The van der Waals surface area contributed by atoms with Gasteiger partial charge in [0.2, 0.25) is 11.9 Å². The minimum absolute atomic E-state index is 0.0100. The SMILES string of the molecule is CC(C)(C)OC(=O)NC1CCN(c2cc(C(N)=O)cc(-c3ccnc(F)c3)n2)CC1. The molecule has 8 nitrogen and oxygen atoms in total. The molecule has 3 N–H and O–H groups in total. The van der Waals surface area contributed by atoms with Gasteiger partial charge in [-0.05, 0) is 51.8 Å². The summed E-state index contributed by atoms with van der Waals surface area (Å²) in [5.74, 6) is -0.639. The number of hydrogen-bond donors (Lipinski definition) is 2. The number of carbonyl (C=O) groups is 2. The van der Waals surface area contributed by atoms with Crippen molar-refractivity contribution in [2.45, 2.75) is 45.3 Å². The lowest BCUT2D eigenvalue weighted by Gasteiger charge is -2.33. The third-order valence-corrected chi connectivity index (χ3v) is 4.66. The first-order valence-electron chi connectivity index (χ1n) is 9.79. The van der Waals surface area contributed by atoms with Crippen molar-refractivity contribution in [1.82, 2.24) is 15.3 Å². The lowest BCUT2D eigenvalue weighted by molar-refractivity contribution is 0.0497. The maximum absolute atomic E-state index is 13.5. The number of amides is 2. The molecular formula is C21H26FN5O3. The van der Waals surface area contributed by atoms with E-state index < -0.39 is 23.5 Å². The standard InChI is InChI=1S/C21H26FN5O3/c1-21(2,3)30-20(29)25-15-5-8-27(9-6-15)18-12-14(19(23)28)10-16(26-18)13-4-7-24-17(22)11-13/h4,7,10-12,15H,5-6,8-9H2,1-3H3,(H2,23,28)(H,25,29). The number of aromatic nitrogens is 2. The fourth-order valence-electron chi connectivity index (χ4n) is 3.26.